The van der Waals surface area contributed by atoms with Gasteiger partial charge in [-0.1, -0.05) is 33.1 Å². The number of aliphatic hydroxyl groups is 2. The molecule has 2 heteroatoms. The van der Waals surface area contributed by atoms with E-state index in [2.05, 4.69) is 13.8 Å². The van der Waals surface area contributed by atoms with Crippen molar-refractivity contribution in [3.63, 3.8) is 0 Å². The Morgan fingerprint density at radius 3 is 1.00 bits per heavy atom. The summed E-state index contributed by atoms with van der Waals surface area (Å²) in [6.07, 6.45) is 4.08. The maximum Gasteiger partial charge on any atom is 0.0319 e. The van der Waals surface area contributed by atoms with E-state index in [0.29, 0.717) is 0 Å². The predicted molar refractivity (Wildman–Crippen MR) is 41.5 cm³/mol. The summed E-state index contributed by atoms with van der Waals surface area (Å²) in [6, 6.07) is 0. The summed E-state index contributed by atoms with van der Waals surface area (Å²) in [5.74, 6) is 0. The molecule has 0 fully saturated rings. The fourth-order valence-electron chi connectivity index (χ4n) is 0.354. The van der Waals surface area contributed by atoms with Crippen molar-refractivity contribution in [3.8, 4) is 0 Å². The highest BCUT2D eigenvalue weighted by molar-refractivity contribution is 4.24. The molecule has 0 aliphatic rings. The molecule has 2 nitrogen and oxygen atoms in total. The molecule has 0 bridgehead atoms. The van der Waals surface area contributed by atoms with E-state index in [0.717, 1.165) is 14.2 Å². The molecule has 2 N–H and O–H groups in total. The Morgan fingerprint density at radius 2 is 1.00 bits per heavy atom. The summed E-state index contributed by atoms with van der Waals surface area (Å²) in [7, 11) is 2.00. The van der Waals surface area contributed by atoms with E-state index in [4.69, 9.17) is 10.2 Å². The third kappa shape index (κ3) is 75.3. The molecule has 0 saturated heterocycles. The molecule has 0 unspecified atom stereocenters. The van der Waals surface area contributed by atoms with Crippen LogP contribution in [0, 0.1) is 0 Å². The van der Waals surface area contributed by atoms with Gasteiger partial charge in [-0.2, -0.15) is 0 Å². The zero-order valence-corrected chi connectivity index (χ0v) is 7.02. The minimum absolute atomic E-state index is 1.00. The van der Waals surface area contributed by atoms with Crippen LogP contribution >= 0.6 is 0 Å². The van der Waals surface area contributed by atoms with E-state index in [1.54, 1.807) is 0 Å². The van der Waals surface area contributed by atoms with Crippen molar-refractivity contribution in [2.45, 2.75) is 33.1 Å². The maximum absolute atomic E-state index is 7.00. The fraction of sp³-hybridized carbons (Fsp3) is 1.00. The van der Waals surface area contributed by atoms with E-state index < -0.39 is 0 Å². The summed E-state index contributed by atoms with van der Waals surface area (Å²) < 4.78 is 0. The van der Waals surface area contributed by atoms with Crippen molar-refractivity contribution >= 4 is 0 Å². The van der Waals surface area contributed by atoms with E-state index in [9.17, 15) is 0 Å². The summed E-state index contributed by atoms with van der Waals surface area (Å²) in [4.78, 5) is 0. The number of hydrogen-bond acceptors (Lipinski definition) is 2. The molecule has 0 aromatic carbocycles. The molecule has 0 spiro atoms. The molecule has 0 aliphatic heterocycles. The van der Waals surface area contributed by atoms with Crippen LogP contribution in [0.2, 0.25) is 0 Å². The van der Waals surface area contributed by atoms with Crippen LogP contribution in [-0.2, 0) is 0 Å². The molecule has 0 aromatic rings. The van der Waals surface area contributed by atoms with Gasteiger partial charge in [0, 0.05) is 14.2 Å². The first-order valence-corrected chi connectivity index (χ1v) is 3.31. The second-order valence-corrected chi connectivity index (χ2v) is 1.35. The van der Waals surface area contributed by atoms with E-state index in [-0.39, 0.29) is 0 Å². The van der Waals surface area contributed by atoms with E-state index in [1.807, 2.05) is 0 Å². The Labute approximate surface area is 58.5 Å². The molecular weight excluding hydrogens is 116 g/mol. The molecule has 0 saturated carbocycles. The smallest absolute Gasteiger partial charge is 0.0319 e. The Kier molecular flexibility index (Phi) is 78.9. The lowest BCUT2D eigenvalue weighted by molar-refractivity contribution is 0.399. The van der Waals surface area contributed by atoms with Crippen molar-refractivity contribution in [1.29, 1.82) is 0 Å². The summed E-state index contributed by atoms with van der Waals surface area (Å²) in [5, 5.41) is 14.0. The second-order valence-electron chi connectivity index (χ2n) is 1.35. The average molecular weight is 136 g/mol. The fourth-order valence-corrected chi connectivity index (χ4v) is 0.354. The predicted octanol–water partition coefficient (Wildman–Crippen LogP) is 1.41. The van der Waals surface area contributed by atoms with Gasteiger partial charge in [-0.05, 0) is 0 Å². The number of unbranched alkanes of at least 4 members (excludes halogenated alkanes) is 2. The van der Waals surface area contributed by atoms with Crippen LogP contribution in [0.4, 0.5) is 0 Å². The highest BCUT2D eigenvalue weighted by Crippen LogP contribution is 1.88. The third-order valence-electron chi connectivity index (χ3n) is 0.707. The van der Waals surface area contributed by atoms with Crippen LogP contribution in [-0.4, -0.2) is 24.4 Å². The Hall–Kier alpha value is -0.0800. The molecule has 0 heterocycles. The van der Waals surface area contributed by atoms with Gasteiger partial charge >= 0.3 is 0 Å². The number of hydrogen-bond donors (Lipinski definition) is 2. The minimum atomic E-state index is 1.00. The molecule has 0 amide bonds. The minimum Gasteiger partial charge on any atom is -0.400 e. The van der Waals surface area contributed by atoms with E-state index in [1.165, 1.54) is 19.3 Å². The van der Waals surface area contributed by atoms with Gasteiger partial charge in [-0.25, -0.2) is 0 Å². The first kappa shape index (κ1) is 16.0. The topological polar surface area (TPSA) is 40.5 Å². The Morgan fingerprint density at radius 1 is 0.778 bits per heavy atom. The summed E-state index contributed by atoms with van der Waals surface area (Å²) in [5.41, 5.74) is 0. The van der Waals surface area contributed by atoms with Gasteiger partial charge in [0.1, 0.15) is 0 Å². The zero-order chi connectivity index (χ0) is 8.12. The molecule has 0 aliphatic carbocycles. The van der Waals surface area contributed by atoms with Crippen molar-refractivity contribution in [2.24, 2.45) is 0 Å². The molecule has 0 rings (SSSR count). The van der Waals surface area contributed by atoms with Crippen molar-refractivity contribution in [1.82, 2.24) is 0 Å². The van der Waals surface area contributed by atoms with E-state index >= 15 is 0 Å². The molecular formula is C7H20O2. The van der Waals surface area contributed by atoms with Gasteiger partial charge in [-0.15, -0.1) is 0 Å². The largest absolute Gasteiger partial charge is 0.400 e. The van der Waals surface area contributed by atoms with Gasteiger partial charge in [0.25, 0.3) is 0 Å². The normalized spacial score (nSPS) is 6.00. The van der Waals surface area contributed by atoms with Crippen molar-refractivity contribution < 1.29 is 10.2 Å². The van der Waals surface area contributed by atoms with Gasteiger partial charge < -0.3 is 10.2 Å². The quantitative estimate of drug-likeness (QED) is 0.602. The lowest BCUT2D eigenvalue weighted by Gasteiger charge is -1.79. The SMILES string of the molecule is CCCCC.CO.CO. The van der Waals surface area contributed by atoms with Crippen LogP contribution in [0.3, 0.4) is 0 Å². The lowest BCUT2D eigenvalue weighted by Crippen LogP contribution is -1.59. The zero-order valence-electron chi connectivity index (χ0n) is 7.02. The van der Waals surface area contributed by atoms with Crippen LogP contribution in [0.5, 0.6) is 0 Å². The number of rotatable bonds is 2. The van der Waals surface area contributed by atoms with Crippen LogP contribution in [0.15, 0.2) is 0 Å². The number of aliphatic hydroxyl groups excluding tert-OH is 2. The molecule has 0 aromatic heterocycles. The maximum atomic E-state index is 7.00. The summed E-state index contributed by atoms with van der Waals surface area (Å²) >= 11 is 0. The van der Waals surface area contributed by atoms with Crippen LogP contribution < -0.4 is 0 Å². The lowest BCUT2D eigenvalue weighted by atomic mass is 10.3. The Bertz CT molecular complexity index is 14.4. The highest BCUT2D eigenvalue weighted by Gasteiger charge is 1.68. The van der Waals surface area contributed by atoms with Gasteiger partial charge in [0.15, 0.2) is 0 Å². The Balaban J connectivity index is -0.0000000771. The average Bonchev–Trinajstić information content (AvgIpc) is 1.98. The third-order valence-corrected chi connectivity index (χ3v) is 0.707. The molecule has 9 heavy (non-hydrogen) atoms. The standard InChI is InChI=1S/C5H12.2CH4O/c1-3-5-4-2;2*1-2/h3-5H2,1-2H3;2*2H,1H3. The van der Waals surface area contributed by atoms with Gasteiger partial charge in [-0.3, -0.25) is 0 Å². The van der Waals surface area contributed by atoms with Gasteiger partial charge in [0.05, 0.1) is 0 Å². The molecule has 60 valence electrons. The first-order chi connectivity index (χ1) is 4.41. The summed E-state index contributed by atoms with van der Waals surface area (Å²) in [6.45, 7) is 4.42. The van der Waals surface area contributed by atoms with Crippen molar-refractivity contribution in [2.75, 3.05) is 14.2 Å². The highest BCUT2D eigenvalue weighted by atomic mass is 16.2. The van der Waals surface area contributed by atoms with Crippen LogP contribution in [0.25, 0.3) is 0 Å². The first-order valence-electron chi connectivity index (χ1n) is 3.31. The van der Waals surface area contributed by atoms with Gasteiger partial charge in [0.2, 0.25) is 0 Å². The van der Waals surface area contributed by atoms with Crippen LogP contribution in [0.1, 0.15) is 33.1 Å². The molecule has 0 radical (unpaired) electrons. The monoisotopic (exact) mass is 136 g/mol. The molecule has 0 atom stereocenters. The van der Waals surface area contributed by atoms with Crippen molar-refractivity contribution in [3.05, 3.63) is 0 Å². The second kappa shape index (κ2) is 44.5.